The number of nitrogens with zero attached hydrogens (tertiary/aromatic N) is 2. The highest BCUT2D eigenvalue weighted by atomic mass is 16.4. The first kappa shape index (κ1) is 15.8. The molecule has 1 aliphatic heterocycles. The molecule has 2 rings (SSSR count). The zero-order valence-corrected chi connectivity index (χ0v) is 12.8. The molecule has 1 fully saturated rings. The molecule has 118 valence electrons. The lowest BCUT2D eigenvalue weighted by molar-refractivity contribution is -0.140. The topological polar surface area (TPSA) is 72.9 Å². The van der Waals surface area contributed by atoms with E-state index in [0.717, 1.165) is 32.6 Å². The summed E-state index contributed by atoms with van der Waals surface area (Å²) in [4.78, 5) is 27.3. The standard InChI is InChI=1S/C15H25N3O3/c1-3-17(4-2)13-7-8-18(10-13)15(21)16-12-6-5-11(9-12)14(19)20/h5-6,11-13H,3-4,7-10H2,1-2H3,(H,16,21)(H,19,20). The van der Waals surface area contributed by atoms with E-state index in [-0.39, 0.29) is 12.1 Å². The summed E-state index contributed by atoms with van der Waals surface area (Å²) in [5.74, 6) is -1.30. The number of urea groups is 1. The molecule has 2 aliphatic rings. The van der Waals surface area contributed by atoms with Crippen LogP contribution in [-0.4, -0.2) is 65.2 Å². The summed E-state index contributed by atoms with van der Waals surface area (Å²) in [6.07, 6.45) is 4.91. The van der Waals surface area contributed by atoms with Crippen molar-refractivity contribution in [3.63, 3.8) is 0 Å². The first-order valence-corrected chi connectivity index (χ1v) is 7.75. The second-order valence-electron chi connectivity index (χ2n) is 5.73. The molecule has 0 spiro atoms. The maximum absolute atomic E-state index is 12.2. The van der Waals surface area contributed by atoms with Crippen LogP contribution in [0.3, 0.4) is 0 Å². The van der Waals surface area contributed by atoms with Crippen LogP contribution in [0.2, 0.25) is 0 Å². The molecule has 3 unspecified atom stereocenters. The number of carbonyl (C=O) groups excluding carboxylic acids is 1. The van der Waals surface area contributed by atoms with E-state index in [4.69, 9.17) is 5.11 Å². The summed E-state index contributed by atoms with van der Waals surface area (Å²) in [5.41, 5.74) is 0. The number of nitrogens with one attached hydrogen (secondary N) is 1. The molecular weight excluding hydrogens is 270 g/mol. The van der Waals surface area contributed by atoms with E-state index in [2.05, 4.69) is 24.1 Å². The minimum atomic E-state index is -0.828. The third kappa shape index (κ3) is 3.75. The van der Waals surface area contributed by atoms with Crippen LogP contribution >= 0.6 is 0 Å². The van der Waals surface area contributed by atoms with Gasteiger partial charge >= 0.3 is 12.0 Å². The molecule has 2 amide bonds. The Morgan fingerprint density at radius 3 is 2.62 bits per heavy atom. The second-order valence-corrected chi connectivity index (χ2v) is 5.73. The Kier molecular flexibility index (Phi) is 5.22. The fraction of sp³-hybridized carbons (Fsp3) is 0.733. The van der Waals surface area contributed by atoms with Crippen LogP contribution in [0.1, 0.15) is 26.7 Å². The number of carboxylic acids is 1. The van der Waals surface area contributed by atoms with Crippen LogP contribution < -0.4 is 5.32 Å². The summed E-state index contributed by atoms with van der Waals surface area (Å²) >= 11 is 0. The van der Waals surface area contributed by atoms with E-state index < -0.39 is 11.9 Å². The van der Waals surface area contributed by atoms with Crippen molar-refractivity contribution in [3.05, 3.63) is 12.2 Å². The average molecular weight is 295 g/mol. The van der Waals surface area contributed by atoms with Crippen LogP contribution in [0, 0.1) is 5.92 Å². The summed E-state index contributed by atoms with van der Waals surface area (Å²) in [6.45, 7) is 7.81. The molecule has 21 heavy (non-hydrogen) atoms. The molecule has 0 saturated carbocycles. The summed E-state index contributed by atoms with van der Waals surface area (Å²) < 4.78 is 0. The van der Waals surface area contributed by atoms with Crippen LogP contribution in [0.25, 0.3) is 0 Å². The number of hydrogen-bond acceptors (Lipinski definition) is 3. The third-order valence-corrected chi connectivity index (χ3v) is 4.49. The van der Waals surface area contributed by atoms with E-state index in [9.17, 15) is 9.59 Å². The van der Waals surface area contributed by atoms with Gasteiger partial charge in [0.15, 0.2) is 0 Å². The Labute approximate surface area is 125 Å². The highest BCUT2D eigenvalue weighted by Gasteiger charge is 2.31. The number of carboxylic acid groups (broad SMARTS) is 1. The largest absolute Gasteiger partial charge is 0.481 e. The minimum Gasteiger partial charge on any atom is -0.481 e. The van der Waals surface area contributed by atoms with Gasteiger partial charge in [-0.15, -0.1) is 0 Å². The summed E-state index contributed by atoms with van der Waals surface area (Å²) in [5, 5.41) is 11.9. The van der Waals surface area contributed by atoms with Crippen molar-refractivity contribution in [2.75, 3.05) is 26.2 Å². The Bertz CT molecular complexity index is 420. The van der Waals surface area contributed by atoms with Gasteiger partial charge in [-0.05, 0) is 25.9 Å². The van der Waals surface area contributed by atoms with Crippen molar-refractivity contribution in [1.82, 2.24) is 15.1 Å². The van der Waals surface area contributed by atoms with Gasteiger partial charge in [-0.25, -0.2) is 4.79 Å². The minimum absolute atomic E-state index is 0.0784. The lowest BCUT2D eigenvalue weighted by Gasteiger charge is -2.26. The van der Waals surface area contributed by atoms with Gasteiger partial charge in [-0.3, -0.25) is 9.69 Å². The molecule has 1 saturated heterocycles. The average Bonchev–Trinajstić information content (AvgIpc) is 3.09. The maximum atomic E-state index is 12.2. The smallest absolute Gasteiger partial charge is 0.317 e. The van der Waals surface area contributed by atoms with E-state index in [0.29, 0.717) is 12.5 Å². The molecule has 0 radical (unpaired) electrons. The lowest BCUT2D eigenvalue weighted by atomic mass is 10.1. The zero-order valence-electron chi connectivity index (χ0n) is 12.8. The van der Waals surface area contributed by atoms with Gasteiger partial charge in [0.1, 0.15) is 0 Å². The van der Waals surface area contributed by atoms with Crippen molar-refractivity contribution < 1.29 is 14.7 Å². The van der Waals surface area contributed by atoms with Gasteiger partial charge in [0.25, 0.3) is 0 Å². The third-order valence-electron chi connectivity index (χ3n) is 4.49. The Morgan fingerprint density at radius 2 is 2.05 bits per heavy atom. The molecular formula is C15H25N3O3. The van der Waals surface area contributed by atoms with Crippen molar-refractivity contribution in [2.45, 2.75) is 38.8 Å². The summed E-state index contributed by atoms with van der Waals surface area (Å²) in [6, 6.07) is 0.202. The molecule has 1 heterocycles. The molecule has 0 bridgehead atoms. The van der Waals surface area contributed by atoms with Gasteiger partial charge in [0.2, 0.25) is 0 Å². The second kappa shape index (κ2) is 6.93. The number of hydrogen-bond donors (Lipinski definition) is 2. The molecule has 0 aromatic heterocycles. The van der Waals surface area contributed by atoms with Crippen LogP contribution in [0.15, 0.2) is 12.2 Å². The number of amides is 2. The van der Waals surface area contributed by atoms with Crippen LogP contribution in [-0.2, 0) is 4.79 Å². The van der Waals surface area contributed by atoms with Gasteiger partial charge < -0.3 is 15.3 Å². The Balaban J connectivity index is 1.80. The summed E-state index contributed by atoms with van der Waals surface area (Å²) in [7, 11) is 0. The van der Waals surface area contributed by atoms with E-state index in [1.807, 2.05) is 4.90 Å². The molecule has 0 aromatic rings. The van der Waals surface area contributed by atoms with Crippen molar-refractivity contribution in [3.8, 4) is 0 Å². The maximum Gasteiger partial charge on any atom is 0.317 e. The highest BCUT2D eigenvalue weighted by molar-refractivity contribution is 5.76. The van der Waals surface area contributed by atoms with Crippen LogP contribution in [0.4, 0.5) is 4.79 Å². The fourth-order valence-corrected chi connectivity index (χ4v) is 3.20. The molecule has 6 heteroatoms. The van der Waals surface area contributed by atoms with Crippen molar-refractivity contribution >= 4 is 12.0 Å². The lowest BCUT2D eigenvalue weighted by Crippen LogP contribution is -2.45. The first-order valence-electron chi connectivity index (χ1n) is 7.75. The normalized spacial score (nSPS) is 28.3. The van der Waals surface area contributed by atoms with Crippen LogP contribution in [0.5, 0.6) is 0 Å². The van der Waals surface area contributed by atoms with E-state index >= 15 is 0 Å². The number of rotatable bonds is 5. The monoisotopic (exact) mass is 295 g/mol. The molecule has 2 N–H and O–H groups in total. The predicted molar refractivity (Wildman–Crippen MR) is 80.1 cm³/mol. The SMILES string of the molecule is CCN(CC)C1CCN(C(=O)NC2C=CC(C(=O)O)C2)C1. The van der Waals surface area contributed by atoms with E-state index in [1.165, 1.54) is 0 Å². The van der Waals surface area contributed by atoms with Crippen molar-refractivity contribution in [1.29, 1.82) is 0 Å². The molecule has 6 nitrogen and oxygen atoms in total. The predicted octanol–water partition coefficient (Wildman–Crippen LogP) is 1.14. The van der Waals surface area contributed by atoms with Gasteiger partial charge in [-0.2, -0.15) is 0 Å². The number of aliphatic carboxylic acids is 1. The number of carbonyl (C=O) groups is 2. The van der Waals surface area contributed by atoms with Gasteiger partial charge in [0.05, 0.1) is 12.0 Å². The van der Waals surface area contributed by atoms with Gasteiger partial charge in [-0.1, -0.05) is 26.0 Å². The highest BCUT2D eigenvalue weighted by Crippen LogP contribution is 2.19. The van der Waals surface area contributed by atoms with E-state index in [1.54, 1.807) is 12.2 Å². The molecule has 3 atom stereocenters. The van der Waals surface area contributed by atoms with Crippen molar-refractivity contribution in [2.24, 2.45) is 5.92 Å². The Hall–Kier alpha value is -1.56. The first-order chi connectivity index (χ1) is 10.0. The van der Waals surface area contributed by atoms with Gasteiger partial charge in [0, 0.05) is 19.1 Å². The zero-order chi connectivity index (χ0) is 15.4. The molecule has 1 aliphatic carbocycles. The fourth-order valence-electron chi connectivity index (χ4n) is 3.20. The Morgan fingerprint density at radius 1 is 1.33 bits per heavy atom. The number of likely N-dealkylation sites (N-methyl/N-ethyl adjacent to an activating group) is 1. The molecule has 0 aromatic carbocycles. The number of likely N-dealkylation sites (tertiary alicyclic amines) is 1. The quantitative estimate of drug-likeness (QED) is 0.746.